The zero-order valence-corrected chi connectivity index (χ0v) is 12.1. The minimum atomic E-state index is 0.866. The van der Waals surface area contributed by atoms with Crippen LogP contribution < -0.4 is 5.32 Å². The fourth-order valence-corrected chi connectivity index (χ4v) is 1.90. The Bertz CT molecular complexity index is 114. The van der Waals surface area contributed by atoms with E-state index in [1.165, 1.54) is 51.4 Å². The third kappa shape index (κ3) is 15.9. The average molecular weight is 243 g/mol. The first-order valence-electron chi connectivity index (χ1n) is 7.70. The van der Waals surface area contributed by atoms with Gasteiger partial charge in [0.1, 0.15) is 0 Å². The summed E-state index contributed by atoms with van der Waals surface area (Å²) in [4.78, 5) is 0. The van der Waals surface area contributed by atoms with Crippen molar-refractivity contribution in [3.63, 3.8) is 0 Å². The van der Waals surface area contributed by atoms with Gasteiger partial charge in [0, 0.05) is 13.2 Å². The van der Waals surface area contributed by atoms with Crippen LogP contribution in [0.25, 0.3) is 0 Å². The highest BCUT2D eigenvalue weighted by molar-refractivity contribution is 4.50. The summed E-state index contributed by atoms with van der Waals surface area (Å²) in [7, 11) is 0. The molecule has 0 fully saturated rings. The van der Waals surface area contributed by atoms with Gasteiger partial charge in [-0.15, -0.1) is 0 Å². The lowest BCUT2D eigenvalue weighted by Gasteiger charge is -2.05. The number of ether oxygens (including phenoxy) is 1. The van der Waals surface area contributed by atoms with Crippen LogP contribution in [0, 0.1) is 0 Å². The van der Waals surface area contributed by atoms with Crippen molar-refractivity contribution in [3.8, 4) is 0 Å². The maximum absolute atomic E-state index is 5.40. The summed E-state index contributed by atoms with van der Waals surface area (Å²) in [5, 5.41) is 3.43. The lowest BCUT2D eigenvalue weighted by molar-refractivity contribution is 0.136. The second-order valence-corrected chi connectivity index (χ2v) is 4.84. The Morgan fingerprint density at radius 2 is 1.29 bits per heavy atom. The fourth-order valence-electron chi connectivity index (χ4n) is 1.90. The van der Waals surface area contributed by atoms with E-state index in [0.717, 1.165) is 32.7 Å². The highest BCUT2D eigenvalue weighted by atomic mass is 16.5. The number of unbranched alkanes of at least 4 members (excludes halogenated alkanes) is 7. The van der Waals surface area contributed by atoms with E-state index in [-0.39, 0.29) is 0 Å². The van der Waals surface area contributed by atoms with E-state index in [9.17, 15) is 0 Å². The third-order valence-corrected chi connectivity index (χ3v) is 2.98. The highest BCUT2D eigenvalue weighted by Crippen LogP contribution is 2.07. The minimum absolute atomic E-state index is 0.866. The van der Waals surface area contributed by atoms with Crippen LogP contribution in [0.1, 0.15) is 71.6 Å². The molecular formula is C15H33NO. The molecule has 0 saturated heterocycles. The molecule has 1 N–H and O–H groups in total. The van der Waals surface area contributed by atoms with Gasteiger partial charge in [-0.05, 0) is 19.4 Å². The number of hydrogen-bond donors (Lipinski definition) is 1. The van der Waals surface area contributed by atoms with Crippen LogP contribution in [-0.4, -0.2) is 26.3 Å². The van der Waals surface area contributed by atoms with Gasteiger partial charge in [-0.25, -0.2) is 0 Å². The summed E-state index contributed by atoms with van der Waals surface area (Å²) in [6.07, 6.45) is 12.3. The Hall–Kier alpha value is -0.0800. The highest BCUT2D eigenvalue weighted by Gasteiger charge is 1.92. The van der Waals surface area contributed by atoms with Crippen LogP contribution in [0.15, 0.2) is 0 Å². The van der Waals surface area contributed by atoms with Crippen LogP contribution >= 0.6 is 0 Å². The van der Waals surface area contributed by atoms with Gasteiger partial charge < -0.3 is 10.1 Å². The zero-order valence-electron chi connectivity index (χ0n) is 12.1. The van der Waals surface area contributed by atoms with E-state index in [1.54, 1.807) is 0 Å². The molecule has 0 spiro atoms. The van der Waals surface area contributed by atoms with E-state index in [2.05, 4.69) is 19.2 Å². The van der Waals surface area contributed by atoms with Crippen LogP contribution in [0.2, 0.25) is 0 Å². The van der Waals surface area contributed by atoms with Gasteiger partial charge >= 0.3 is 0 Å². The Kier molecular flexibility index (Phi) is 15.8. The quantitative estimate of drug-likeness (QED) is 0.463. The molecule has 0 heterocycles. The Balaban J connectivity index is 2.85. The monoisotopic (exact) mass is 243 g/mol. The summed E-state index contributed by atoms with van der Waals surface area (Å²) in [5.74, 6) is 0. The molecule has 0 aliphatic heterocycles. The predicted molar refractivity (Wildman–Crippen MR) is 76.6 cm³/mol. The van der Waals surface area contributed by atoms with Gasteiger partial charge in [-0.2, -0.15) is 0 Å². The zero-order chi connectivity index (χ0) is 12.6. The first kappa shape index (κ1) is 16.9. The topological polar surface area (TPSA) is 21.3 Å². The predicted octanol–water partition coefficient (Wildman–Crippen LogP) is 4.14. The van der Waals surface area contributed by atoms with Crippen molar-refractivity contribution in [1.29, 1.82) is 0 Å². The Labute approximate surface area is 109 Å². The van der Waals surface area contributed by atoms with Crippen LogP contribution in [-0.2, 0) is 4.74 Å². The molecule has 0 unspecified atom stereocenters. The molecule has 0 aromatic heterocycles. The van der Waals surface area contributed by atoms with Crippen LogP contribution in [0.3, 0.4) is 0 Å². The van der Waals surface area contributed by atoms with Gasteiger partial charge in [0.2, 0.25) is 0 Å². The van der Waals surface area contributed by atoms with Gasteiger partial charge in [0.15, 0.2) is 0 Å². The van der Waals surface area contributed by atoms with Gasteiger partial charge in [-0.1, -0.05) is 58.8 Å². The molecule has 0 aromatic rings. The smallest absolute Gasteiger partial charge is 0.0590 e. The van der Waals surface area contributed by atoms with Crippen molar-refractivity contribution in [2.75, 3.05) is 26.3 Å². The van der Waals surface area contributed by atoms with E-state index in [0.29, 0.717) is 0 Å². The molecule has 0 bridgehead atoms. The van der Waals surface area contributed by atoms with Crippen molar-refractivity contribution < 1.29 is 4.74 Å². The molecular weight excluding hydrogens is 210 g/mol. The summed E-state index contributed by atoms with van der Waals surface area (Å²) in [5.41, 5.74) is 0. The van der Waals surface area contributed by atoms with Crippen molar-refractivity contribution in [2.24, 2.45) is 0 Å². The van der Waals surface area contributed by atoms with Crippen LogP contribution in [0.4, 0.5) is 0 Å². The molecule has 0 aliphatic rings. The maximum Gasteiger partial charge on any atom is 0.0590 e. The molecule has 0 rings (SSSR count). The second kappa shape index (κ2) is 15.9. The molecule has 0 saturated carbocycles. The summed E-state index contributed by atoms with van der Waals surface area (Å²) < 4.78 is 5.40. The molecule has 2 nitrogen and oxygen atoms in total. The SMILES string of the molecule is CCCCCCCCCCNCCOCCC. The maximum atomic E-state index is 5.40. The normalized spacial score (nSPS) is 10.9. The second-order valence-electron chi connectivity index (χ2n) is 4.84. The number of rotatable bonds is 14. The van der Waals surface area contributed by atoms with E-state index >= 15 is 0 Å². The molecule has 2 heteroatoms. The fraction of sp³-hybridized carbons (Fsp3) is 1.00. The largest absolute Gasteiger partial charge is 0.380 e. The Morgan fingerprint density at radius 1 is 0.647 bits per heavy atom. The lowest BCUT2D eigenvalue weighted by Crippen LogP contribution is -2.20. The van der Waals surface area contributed by atoms with Gasteiger partial charge in [0.25, 0.3) is 0 Å². The molecule has 0 aromatic carbocycles. The molecule has 17 heavy (non-hydrogen) atoms. The van der Waals surface area contributed by atoms with Gasteiger partial charge in [-0.3, -0.25) is 0 Å². The van der Waals surface area contributed by atoms with Crippen molar-refractivity contribution in [3.05, 3.63) is 0 Å². The lowest BCUT2D eigenvalue weighted by atomic mass is 10.1. The number of hydrogen-bond acceptors (Lipinski definition) is 2. The van der Waals surface area contributed by atoms with Crippen molar-refractivity contribution >= 4 is 0 Å². The molecule has 0 aliphatic carbocycles. The summed E-state index contributed by atoms with van der Waals surface area (Å²) in [6, 6.07) is 0. The van der Waals surface area contributed by atoms with Gasteiger partial charge in [0.05, 0.1) is 6.61 Å². The van der Waals surface area contributed by atoms with E-state index in [1.807, 2.05) is 0 Å². The summed E-state index contributed by atoms with van der Waals surface area (Å²) >= 11 is 0. The minimum Gasteiger partial charge on any atom is -0.380 e. The standard InChI is InChI=1S/C15H33NO/c1-3-5-6-7-8-9-10-11-12-16-13-15-17-14-4-2/h16H,3-15H2,1-2H3. The average Bonchev–Trinajstić information content (AvgIpc) is 2.35. The summed E-state index contributed by atoms with van der Waals surface area (Å²) in [6.45, 7) is 8.36. The molecule has 0 amide bonds. The third-order valence-electron chi connectivity index (χ3n) is 2.98. The molecule has 104 valence electrons. The van der Waals surface area contributed by atoms with E-state index < -0.39 is 0 Å². The number of nitrogens with one attached hydrogen (secondary N) is 1. The van der Waals surface area contributed by atoms with E-state index in [4.69, 9.17) is 4.74 Å². The first-order valence-corrected chi connectivity index (χ1v) is 7.70. The first-order chi connectivity index (χ1) is 8.41. The molecule has 0 radical (unpaired) electrons. The van der Waals surface area contributed by atoms with Crippen molar-refractivity contribution in [1.82, 2.24) is 5.32 Å². The van der Waals surface area contributed by atoms with Crippen LogP contribution in [0.5, 0.6) is 0 Å². The Morgan fingerprint density at radius 3 is 1.94 bits per heavy atom. The molecule has 0 atom stereocenters. The van der Waals surface area contributed by atoms with Crippen molar-refractivity contribution in [2.45, 2.75) is 71.6 Å².